The lowest BCUT2D eigenvalue weighted by Gasteiger charge is -2.12. The summed E-state index contributed by atoms with van der Waals surface area (Å²) in [5, 5.41) is 2.88. The van der Waals surface area contributed by atoms with Crippen molar-refractivity contribution in [2.24, 2.45) is 0 Å². The normalized spacial score (nSPS) is 11.0. The van der Waals surface area contributed by atoms with E-state index in [1.54, 1.807) is 12.1 Å². The van der Waals surface area contributed by atoms with Crippen molar-refractivity contribution in [3.05, 3.63) is 88.9 Å². The molecule has 0 bridgehead atoms. The minimum absolute atomic E-state index is 0.00209. The van der Waals surface area contributed by atoms with Crippen molar-refractivity contribution in [2.75, 3.05) is 17.9 Å². The molecule has 0 saturated carbocycles. The molecule has 6 nitrogen and oxygen atoms in total. The quantitative estimate of drug-likeness (QED) is 0.503. The third-order valence-corrected chi connectivity index (χ3v) is 6.13. The van der Waals surface area contributed by atoms with Crippen molar-refractivity contribution in [3.8, 4) is 5.75 Å². The lowest BCUT2D eigenvalue weighted by atomic mass is 10.1. The minimum atomic E-state index is -3.80. The predicted molar refractivity (Wildman–Crippen MR) is 122 cm³/mol. The third-order valence-electron chi connectivity index (χ3n) is 4.45. The van der Waals surface area contributed by atoms with E-state index in [0.29, 0.717) is 18.7 Å². The molecule has 1 amide bonds. The number of aryl methyl sites for hydroxylation is 1. The molecule has 0 unspecified atom stereocenters. The number of carbonyl (C=O) groups is 1. The van der Waals surface area contributed by atoms with E-state index in [1.165, 1.54) is 18.2 Å². The zero-order chi connectivity index (χ0) is 22.3. The highest BCUT2D eigenvalue weighted by Crippen LogP contribution is 2.28. The molecule has 8 heteroatoms. The highest BCUT2D eigenvalue weighted by molar-refractivity contribution is 7.92. The second kappa shape index (κ2) is 10.3. The maximum absolute atomic E-state index is 12.6. The molecule has 2 N–H and O–H groups in total. The molecule has 0 heterocycles. The number of amides is 1. The lowest BCUT2D eigenvalue weighted by Crippen LogP contribution is -2.30. The van der Waals surface area contributed by atoms with Gasteiger partial charge in [-0.3, -0.25) is 9.52 Å². The van der Waals surface area contributed by atoms with E-state index < -0.39 is 10.0 Å². The van der Waals surface area contributed by atoms with Gasteiger partial charge < -0.3 is 10.1 Å². The van der Waals surface area contributed by atoms with Gasteiger partial charge in [-0.25, -0.2) is 8.42 Å². The Bertz CT molecular complexity index is 1130. The van der Waals surface area contributed by atoms with Crippen LogP contribution >= 0.6 is 11.6 Å². The van der Waals surface area contributed by atoms with Gasteiger partial charge in [0, 0.05) is 12.2 Å². The number of sulfonamides is 1. The summed E-state index contributed by atoms with van der Waals surface area (Å²) in [6, 6.07) is 20.9. The van der Waals surface area contributed by atoms with Gasteiger partial charge in [0.1, 0.15) is 5.75 Å². The van der Waals surface area contributed by atoms with Crippen LogP contribution in [0.1, 0.15) is 11.1 Å². The van der Waals surface area contributed by atoms with E-state index in [1.807, 2.05) is 49.4 Å². The van der Waals surface area contributed by atoms with Gasteiger partial charge in [0.15, 0.2) is 6.61 Å². The topological polar surface area (TPSA) is 84.5 Å². The zero-order valence-corrected chi connectivity index (χ0v) is 18.5. The van der Waals surface area contributed by atoms with E-state index in [9.17, 15) is 13.2 Å². The van der Waals surface area contributed by atoms with E-state index in [-0.39, 0.29) is 28.2 Å². The summed E-state index contributed by atoms with van der Waals surface area (Å²) in [7, 11) is -3.80. The van der Waals surface area contributed by atoms with Gasteiger partial charge in [-0.15, -0.1) is 0 Å². The fourth-order valence-corrected chi connectivity index (χ4v) is 4.17. The Kier molecular flexibility index (Phi) is 7.55. The lowest BCUT2D eigenvalue weighted by molar-refractivity contribution is -0.123. The molecule has 0 atom stereocenters. The van der Waals surface area contributed by atoms with Gasteiger partial charge in [-0.2, -0.15) is 0 Å². The first kappa shape index (κ1) is 22.7. The molecule has 0 aromatic heterocycles. The van der Waals surface area contributed by atoms with Crippen LogP contribution in [0.4, 0.5) is 5.69 Å². The van der Waals surface area contributed by atoms with Crippen LogP contribution in [-0.4, -0.2) is 27.5 Å². The molecule has 0 aliphatic heterocycles. The smallest absolute Gasteiger partial charge is 0.261 e. The molecule has 0 fully saturated rings. The molecule has 31 heavy (non-hydrogen) atoms. The third kappa shape index (κ3) is 6.73. The molecule has 0 spiro atoms. The fourth-order valence-electron chi connectivity index (χ4n) is 2.79. The Labute approximate surface area is 187 Å². The first-order valence-electron chi connectivity index (χ1n) is 9.66. The van der Waals surface area contributed by atoms with Gasteiger partial charge in [0.05, 0.1) is 9.92 Å². The SMILES string of the molecule is Cc1ccc(NS(=O)(=O)c2ccc(OCC(=O)NCCc3ccccc3)c(Cl)c2)cc1. The molecular weight excluding hydrogens is 436 g/mol. The van der Waals surface area contributed by atoms with Crippen LogP contribution in [0.5, 0.6) is 5.75 Å². The summed E-state index contributed by atoms with van der Waals surface area (Å²) >= 11 is 6.18. The summed E-state index contributed by atoms with van der Waals surface area (Å²) in [5.74, 6) is -0.0566. The molecule has 3 rings (SSSR count). The van der Waals surface area contributed by atoms with Crippen LogP contribution in [0.2, 0.25) is 5.02 Å². The summed E-state index contributed by atoms with van der Waals surface area (Å²) < 4.78 is 33.1. The molecule has 0 radical (unpaired) electrons. The number of halogens is 1. The average Bonchev–Trinajstić information content (AvgIpc) is 2.75. The minimum Gasteiger partial charge on any atom is -0.482 e. The standard InChI is InChI=1S/C23H23ClN2O4S/c1-17-7-9-19(10-8-17)26-31(28,29)20-11-12-22(21(24)15-20)30-16-23(27)25-14-13-18-5-3-2-4-6-18/h2-12,15,26H,13-14,16H2,1H3,(H,25,27). The van der Waals surface area contributed by atoms with Gasteiger partial charge in [-0.1, -0.05) is 59.6 Å². The van der Waals surface area contributed by atoms with Gasteiger partial charge in [-0.05, 0) is 49.2 Å². The first-order valence-corrected chi connectivity index (χ1v) is 11.5. The van der Waals surface area contributed by atoms with Crippen LogP contribution in [0.25, 0.3) is 0 Å². The molecule has 162 valence electrons. The zero-order valence-electron chi connectivity index (χ0n) is 17.0. The van der Waals surface area contributed by atoms with Crippen molar-refractivity contribution >= 4 is 33.2 Å². The molecule has 0 aliphatic carbocycles. The molecular formula is C23H23ClN2O4S. The van der Waals surface area contributed by atoms with E-state index in [2.05, 4.69) is 10.0 Å². The fraction of sp³-hybridized carbons (Fsp3) is 0.174. The molecule has 3 aromatic rings. The van der Waals surface area contributed by atoms with Gasteiger partial charge in [0.25, 0.3) is 15.9 Å². The van der Waals surface area contributed by atoms with Crippen molar-refractivity contribution in [1.29, 1.82) is 0 Å². The number of hydrogen-bond acceptors (Lipinski definition) is 4. The van der Waals surface area contributed by atoms with Crippen molar-refractivity contribution in [3.63, 3.8) is 0 Å². The number of benzene rings is 3. The average molecular weight is 459 g/mol. The highest BCUT2D eigenvalue weighted by atomic mass is 35.5. The highest BCUT2D eigenvalue weighted by Gasteiger charge is 2.17. The Hall–Kier alpha value is -3.03. The Morgan fingerprint density at radius 1 is 1.00 bits per heavy atom. The van der Waals surface area contributed by atoms with Crippen LogP contribution < -0.4 is 14.8 Å². The van der Waals surface area contributed by atoms with Crippen molar-refractivity contribution in [1.82, 2.24) is 5.32 Å². The second-order valence-corrected chi connectivity index (χ2v) is 9.03. The molecule has 0 saturated heterocycles. The number of carbonyl (C=O) groups excluding carboxylic acids is 1. The number of ether oxygens (including phenoxy) is 1. The Morgan fingerprint density at radius 2 is 1.71 bits per heavy atom. The van der Waals surface area contributed by atoms with Crippen molar-refractivity contribution < 1.29 is 17.9 Å². The van der Waals surface area contributed by atoms with E-state index in [0.717, 1.165) is 11.1 Å². The van der Waals surface area contributed by atoms with E-state index >= 15 is 0 Å². The second-order valence-electron chi connectivity index (χ2n) is 6.94. The Morgan fingerprint density at radius 3 is 2.39 bits per heavy atom. The van der Waals surface area contributed by atoms with Crippen LogP contribution in [0, 0.1) is 6.92 Å². The van der Waals surface area contributed by atoms with Crippen LogP contribution in [0.15, 0.2) is 77.7 Å². The summed E-state index contributed by atoms with van der Waals surface area (Å²) in [6.45, 7) is 2.18. The molecule has 0 aliphatic rings. The number of hydrogen-bond donors (Lipinski definition) is 2. The van der Waals surface area contributed by atoms with Gasteiger partial charge in [0.2, 0.25) is 0 Å². The number of rotatable bonds is 9. The number of anilines is 1. The number of nitrogens with one attached hydrogen (secondary N) is 2. The summed E-state index contributed by atoms with van der Waals surface area (Å²) in [5.41, 5.74) is 2.61. The largest absolute Gasteiger partial charge is 0.482 e. The van der Waals surface area contributed by atoms with Crippen molar-refractivity contribution in [2.45, 2.75) is 18.2 Å². The first-order chi connectivity index (χ1) is 14.8. The van der Waals surface area contributed by atoms with Crippen LogP contribution in [-0.2, 0) is 21.2 Å². The molecule has 3 aromatic carbocycles. The summed E-state index contributed by atoms with van der Waals surface area (Å²) in [4.78, 5) is 12.0. The van der Waals surface area contributed by atoms with Gasteiger partial charge >= 0.3 is 0 Å². The van der Waals surface area contributed by atoms with Crippen LogP contribution in [0.3, 0.4) is 0 Å². The van der Waals surface area contributed by atoms with E-state index in [4.69, 9.17) is 16.3 Å². The maximum atomic E-state index is 12.6. The summed E-state index contributed by atoms with van der Waals surface area (Å²) in [6.07, 6.45) is 0.716. The monoisotopic (exact) mass is 458 g/mol. The maximum Gasteiger partial charge on any atom is 0.261 e. The Balaban J connectivity index is 1.53. The predicted octanol–water partition coefficient (Wildman–Crippen LogP) is 4.19.